The van der Waals surface area contributed by atoms with Crippen LogP contribution in [0.1, 0.15) is 6.42 Å². The van der Waals surface area contributed by atoms with E-state index in [0.29, 0.717) is 12.3 Å². The van der Waals surface area contributed by atoms with Crippen LogP contribution in [-0.4, -0.2) is 43.2 Å². The third kappa shape index (κ3) is 2.20. The van der Waals surface area contributed by atoms with Gasteiger partial charge in [-0.15, -0.1) is 0 Å². The molecule has 1 unspecified atom stereocenters. The van der Waals surface area contributed by atoms with Crippen LogP contribution < -0.4 is 5.32 Å². The molecule has 1 heterocycles. The Hall–Kier alpha value is -1.10. The molecule has 0 saturated heterocycles. The summed E-state index contributed by atoms with van der Waals surface area (Å²) in [5.41, 5.74) is 0. The summed E-state index contributed by atoms with van der Waals surface area (Å²) in [6, 6.07) is -0.697. The summed E-state index contributed by atoms with van der Waals surface area (Å²) in [6.45, 7) is 0.930. The summed E-state index contributed by atoms with van der Waals surface area (Å²) in [5, 5.41) is 11.5. The van der Waals surface area contributed by atoms with Crippen molar-refractivity contribution >= 4 is 11.9 Å². The molecule has 1 rings (SSSR count). The Kier molecular flexibility index (Phi) is 3.04. The zero-order valence-corrected chi connectivity index (χ0v) is 6.91. The van der Waals surface area contributed by atoms with Crippen molar-refractivity contribution in [3.8, 4) is 0 Å². The van der Waals surface area contributed by atoms with E-state index in [1.54, 1.807) is 0 Å². The molecule has 0 saturated carbocycles. The molecule has 0 aromatic rings. The maximum absolute atomic E-state index is 10.4. The smallest absolute Gasteiger partial charge is 0.332 e. The lowest BCUT2D eigenvalue weighted by Crippen LogP contribution is -2.18. The van der Waals surface area contributed by atoms with E-state index in [4.69, 9.17) is 9.84 Å². The lowest BCUT2D eigenvalue weighted by atomic mass is 10.3. The van der Waals surface area contributed by atoms with Gasteiger partial charge in [0.2, 0.25) is 0 Å². The number of carboxylic acids is 1. The Labute approximate surface area is 70.4 Å². The van der Waals surface area contributed by atoms with Gasteiger partial charge < -0.3 is 15.2 Å². The molecule has 5 heteroatoms. The quantitative estimate of drug-likeness (QED) is 0.598. The van der Waals surface area contributed by atoms with Crippen molar-refractivity contribution in [2.75, 3.05) is 20.2 Å². The van der Waals surface area contributed by atoms with Crippen molar-refractivity contribution < 1.29 is 14.6 Å². The molecule has 0 radical (unpaired) electrons. The fraction of sp³-hybridized carbons (Fsp3) is 0.714. The molecule has 0 bridgehead atoms. The van der Waals surface area contributed by atoms with Crippen LogP contribution in [-0.2, 0) is 9.53 Å². The van der Waals surface area contributed by atoms with Crippen molar-refractivity contribution in [3.63, 3.8) is 0 Å². The van der Waals surface area contributed by atoms with Crippen LogP contribution in [0.25, 0.3) is 0 Å². The zero-order chi connectivity index (χ0) is 8.97. The normalized spacial score (nSPS) is 21.8. The number of hydrogen-bond donors (Lipinski definition) is 2. The van der Waals surface area contributed by atoms with E-state index in [1.807, 2.05) is 7.05 Å². The molecule has 12 heavy (non-hydrogen) atoms. The van der Waals surface area contributed by atoms with Gasteiger partial charge >= 0.3 is 5.97 Å². The molecule has 0 aliphatic carbocycles. The van der Waals surface area contributed by atoms with Gasteiger partial charge in [0, 0.05) is 13.0 Å². The van der Waals surface area contributed by atoms with E-state index >= 15 is 0 Å². The minimum atomic E-state index is -0.922. The minimum Gasteiger partial charge on any atom is -0.480 e. The number of aliphatic imine (C=N–C) groups is 1. The molecule has 2 N–H and O–H groups in total. The molecule has 5 nitrogen and oxygen atoms in total. The topological polar surface area (TPSA) is 70.9 Å². The van der Waals surface area contributed by atoms with Gasteiger partial charge in [-0.05, 0) is 7.05 Å². The van der Waals surface area contributed by atoms with Crippen molar-refractivity contribution in [1.82, 2.24) is 5.32 Å². The summed E-state index contributed by atoms with van der Waals surface area (Å²) >= 11 is 0. The SMILES string of the molecule is CNCCC1=NC(C(=O)O)CO1. The fourth-order valence-corrected chi connectivity index (χ4v) is 0.919. The largest absolute Gasteiger partial charge is 0.480 e. The molecule has 68 valence electrons. The summed E-state index contributed by atoms with van der Waals surface area (Å²) < 4.78 is 5.06. The fourth-order valence-electron chi connectivity index (χ4n) is 0.919. The van der Waals surface area contributed by atoms with Crippen LogP contribution in [0.15, 0.2) is 4.99 Å². The Morgan fingerprint density at radius 1 is 1.92 bits per heavy atom. The van der Waals surface area contributed by atoms with Gasteiger partial charge in [0.1, 0.15) is 6.61 Å². The predicted octanol–water partition coefficient (Wildman–Crippen LogP) is -0.522. The van der Waals surface area contributed by atoms with Gasteiger partial charge in [-0.3, -0.25) is 0 Å². The monoisotopic (exact) mass is 172 g/mol. The highest BCUT2D eigenvalue weighted by Gasteiger charge is 2.24. The lowest BCUT2D eigenvalue weighted by molar-refractivity contribution is -0.138. The number of ether oxygens (including phenoxy) is 1. The van der Waals surface area contributed by atoms with Crippen molar-refractivity contribution in [1.29, 1.82) is 0 Å². The average Bonchev–Trinajstić information content (AvgIpc) is 2.48. The van der Waals surface area contributed by atoms with Gasteiger partial charge in [-0.2, -0.15) is 0 Å². The molecule has 1 aliphatic rings. The van der Waals surface area contributed by atoms with E-state index in [2.05, 4.69) is 10.3 Å². The highest BCUT2D eigenvalue weighted by atomic mass is 16.5. The van der Waals surface area contributed by atoms with Crippen molar-refractivity contribution in [3.05, 3.63) is 0 Å². The van der Waals surface area contributed by atoms with Crippen LogP contribution in [0.3, 0.4) is 0 Å². The summed E-state index contributed by atoms with van der Waals surface area (Å²) in [5.74, 6) is -0.383. The Balaban J connectivity index is 2.37. The van der Waals surface area contributed by atoms with Crippen LogP contribution in [0.5, 0.6) is 0 Å². The third-order valence-corrected chi connectivity index (χ3v) is 1.58. The van der Waals surface area contributed by atoms with E-state index in [-0.39, 0.29) is 6.61 Å². The van der Waals surface area contributed by atoms with E-state index in [0.717, 1.165) is 6.54 Å². The molecule has 0 fully saturated rings. The second-order valence-electron chi connectivity index (χ2n) is 2.54. The second-order valence-corrected chi connectivity index (χ2v) is 2.54. The van der Waals surface area contributed by atoms with Crippen LogP contribution in [0.2, 0.25) is 0 Å². The third-order valence-electron chi connectivity index (χ3n) is 1.58. The minimum absolute atomic E-state index is 0.175. The second kappa shape index (κ2) is 4.06. The lowest BCUT2D eigenvalue weighted by Gasteiger charge is -1.98. The van der Waals surface area contributed by atoms with Gasteiger partial charge in [-0.1, -0.05) is 0 Å². The van der Waals surface area contributed by atoms with Crippen LogP contribution >= 0.6 is 0 Å². The Morgan fingerprint density at radius 2 is 2.67 bits per heavy atom. The number of nitrogens with zero attached hydrogens (tertiary/aromatic N) is 1. The van der Waals surface area contributed by atoms with Gasteiger partial charge in [0.15, 0.2) is 11.9 Å². The summed E-state index contributed by atoms with van der Waals surface area (Å²) in [7, 11) is 1.82. The number of carboxylic acid groups (broad SMARTS) is 1. The highest BCUT2D eigenvalue weighted by Crippen LogP contribution is 2.06. The molecular formula is C7H12N2O3. The number of hydrogen-bond acceptors (Lipinski definition) is 4. The van der Waals surface area contributed by atoms with E-state index < -0.39 is 12.0 Å². The predicted molar refractivity (Wildman–Crippen MR) is 43.4 cm³/mol. The Morgan fingerprint density at radius 3 is 3.17 bits per heavy atom. The molecule has 1 aliphatic heterocycles. The summed E-state index contributed by atoms with van der Waals surface area (Å²) in [4.78, 5) is 14.3. The first kappa shape index (κ1) is 8.99. The highest BCUT2D eigenvalue weighted by molar-refractivity contribution is 5.84. The van der Waals surface area contributed by atoms with Gasteiger partial charge in [-0.25, -0.2) is 9.79 Å². The standard InChI is InChI=1S/C7H12N2O3/c1-8-3-2-6-9-5(4-12-6)7(10)11/h5,8H,2-4H2,1H3,(H,10,11). The first-order valence-corrected chi connectivity index (χ1v) is 3.81. The average molecular weight is 172 g/mol. The number of rotatable bonds is 4. The molecule has 0 amide bonds. The molecule has 0 aromatic heterocycles. The van der Waals surface area contributed by atoms with Gasteiger partial charge in [0.05, 0.1) is 0 Å². The Bertz CT molecular complexity index is 203. The van der Waals surface area contributed by atoms with Crippen molar-refractivity contribution in [2.24, 2.45) is 4.99 Å². The molecule has 0 spiro atoms. The number of carbonyl (C=O) groups is 1. The van der Waals surface area contributed by atoms with Crippen molar-refractivity contribution in [2.45, 2.75) is 12.5 Å². The first-order valence-electron chi connectivity index (χ1n) is 3.81. The zero-order valence-electron chi connectivity index (χ0n) is 6.91. The molecular weight excluding hydrogens is 160 g/mol. The number of nitrogens with one attached hydrogen (secondary N) is 1. The van der Waals surface area contributed by atoms with Crippen LogP contribution in [0.4, 0.5) is 0 Å². The van der Waals surface area contributed by atoms with E-state index in [1.165, 1.54) is 0 Å². The van der Waals surface area contributed by atoms with Crippen LogP contribution in [0, 0.1) is 0 Å². The first-order chi connectivity index (χ1) is 5.74. The maximum Gasteiger partial charge on any atom is 0.332 e. The molecule has 1 atom stereocenters. The van der Waals surface area contributed by atoms with Gasteiger partial charge in [0.25, 0.3) is 0 Å². The number of aliphatic carboxylic acids is 1. The maximum atomic E-state index is 10.4. The molecule has 0 aromatic carbocycles. The van der Waals surface area contributed by atoms with E-state index in [9.17, 15) is 4.79 Å². The summed E-state index contributed by atoms with van der Waals surface area (Å²) in [6.07, 6.45) is 0.653.